The zero-order chi connectivity index (χ0) is 16.0. The van der Waals surface area contributed by atoms with Gasteiger partial charge >= 0.3 is 0 Å². The highest BCUT2D eigenvalue weighted by Gasteiger charge is 2.32. The summed E-state index contributed by atoms with van der Waals surface area (Å²) in [5, 5.41) is 2.97. The standard InChI is InChI=1S/C16H24N2O3S/c1-2-3-9-17-16(19)15(14-7-5-4-6-8-14)18-10-12-22(20,21)13-11-18/h4-8,15H,2-3,9-13H2,1H3,(H,17,19). The van der Waals surface area contributed by atoms with E-state index in [0.717, 1.165) is 18.4 Å². The maximum absolute atomic E-state index is 12.6. The van der Waals surface area contributed by atoms with E-state index in [0.29, 0.717) is 19.6 Å². The fourth-order valence-corrected chi connectivity index (χ4v) is 3.86. The summed E-state index contributed by atoms with van der Waals surface area (Å²) in [6, 6.07) is 9.16. The Bertz CT molecular complexity index is 573. The summed E-state index contributed by atoms with van der Waals surface area (Å²) in [5.74, 6) is 0.205. The molecule has 1 aromatic carbocycles. The van der Waals surface area contributed by atoms with Crippen molar-refractivity contribution in [3.05, 3.63) is 35.9 Å². The molecule has 0 radical (unpaired) electrons. The van der Waals surface area contributed by atoms with Crippen molar-refractivity contribution in [3.63, 3.8) is 0 Å². The topological polar surface area (TPSA) is 66.5 Å². The molecule has 0 aromatic heterocycles. The normalized spacial score (nSPS) is 19.5. The molecule has 1 unspecified atom stereocenters. The number of amides is 1. The lowest BCUT2D eigenvalue weighted by Crippen LogP contribution is -2.47. The smallest absolute Gasteiger partial charge is 0.241 e. The van der Waals surface area contributed by atoms with Gasteiger partial charge in [0, 0.05) is 19.6 Å². The molecule has 1 fully saturated rings. The molecule has 1 aliphatic heterocycles. The van der Waals surface area contributed by atoms with E-state index in [9.17, 15) is 13.2 Å². The van der Waals surface area contributed by atoms with E-state index in [1.54, 1.807) is 0 Å². The van der Waals surface area contributed by atoms with Crippen molar-refractivity contribution in [1.82, 2.24) is 10.2 Å². The van der Waals surface area contributed by atoms with Crippen molar-refractivity contribution in [1.29, 1.82) is 0 Å². The van der Waals surface area contributed by atoms with Gasteiger partial charge in [-0.3, -0.25) is 9.69 Å². The Hall–Kier alpha value is -1.40. The molecular formula is C16H24N2O3S. The fraction of sp³-hybridized carbons (Fsp3) is 0.562. The van der Waals surface area contributed by atoms with Gasteiger partial charge in [0.25, 0.3) is 0 Å². The van der Waals surface area contributed by atoms with Crippen LogP contribution in [-0.4, -0.2) is 50.4 Å². The minimum Gasteiger partial charge on any atom is -0.354 e. The molecule has 0 spiro atoms. The van der Waals surface area contributed by atoms with Gasteiger partial charge in [0.2, 0.25) is 5.91 Å². The van der Waals surface area contributed by atoms with E-state index in [-0.39, 0.29) is 17.4 Å². The summed E-state index contributed by atoms with van der Waals surface area (Å²) < 4.78 is 23.2. The summed E-state index contributed by atoms with van der Waals surface area (Å²) in [6.07, 6.45) is 1.97. The fourth-order valence-electron chi connectivity index (χ4n) is 2.63. The van der Waals surface area contributed by atoms with Crippen molar-refractivity contribution in [2.45, 2.75) is 25.8 Å². The average molecular weight is 324 g/mol. The van der Waals surface area contributed by atoms with Crippen molar-refractivity contribution in [2.24, 2.45) is 0 Å². The molecule has 6 heteroatoms. The van der Waals surface area contributed by atoms with E-state index in [4.69, 9.17) is 0 Å². The van der Waals surface area contributed by atoms with E-state index in [2.05, 4.69) is 12.2 Å². The van der Waals surface area contributed by atoms with Crippen LogP contribution in [0.25, 0.3) is 0 Å². The molecule has 0 bridgehead atoms. The lowest BCUT2D eigenvalue weighted by atomic mass is 10.0. The molecule has 1 atom stereocenters. The first-order valence-corrected chi connectivity index (χ1v) is 9.63. The summed E-state index contributed by atoms with van der Waals surface area (Å²) in [6.45, 7) is 3.55. The molecule has 1 saturated heterocycles. The number of nitrogens with one attached hydrogen (secondary N) is 1. The lowest BCUT2D eigenvalue weighted by molar-refractivity contribution is -0.126. The highest BCUT2D eigenvalue weighted by molar-refractivity contribution is 7.91. The van der Waals surface area contributed by atoms with Gasteiger partial charge in [-0.2, -0.15) is 0 Å². The minimum absolute atomic E-state index is 0.0426. The van der Waals surface area contributed by atoms with Crippen LogP contribution >= 0.6 is 0 Å². The molecule has 22 heavy (non-hydrogen) atoms. The van der Waals surface area contributed by atoms with Gasteiger partial charge in [-0.05, 0) is 12.0 Å². The summed E-state index contributed by atoms with van der Waals surface area (Å²) in [7, 11) is -2.95. The van der Waals surface area contributed by atoms with Crippen LogP contribution in [-0.2, 0) is 14.6 Å². The van der Waals surface area contributed by atoms with Gasteiger partial charge in [0.05, 0.1) is 11.5 Å². The summed E-state index contributed by atoms with van der Waals surface area (Å²) >= 11 is 0. The molecule has 2 rings (SSSR count). The van der Waals surface area contributed by atoms with Gasteiger partial charge in [0.1, 0.15) is 6.04 Å². The Morgan fingerprint density at radius 2 is 1.86 bits per heavy atom. The molecule has 1 heterocycles. The quantitative estimate of drug-likeness (QED) is 0.803. The number of rotatable bonds is 6. The van der Waals surface area contributed by atoms with Crippen molar-refractivity contribution >= 4 is 15.7 Å². The number of hydrogen-bond donors (Lipinski definition) is 1. The predicted octanol–water partition coefficient (Wildman–Crippen LogP) is 1.37. The van der Waals surface area contributed by atoms with Crippen LogP contribution in [0.4, 0.5) is 0 Å². The third-order valence-electron chi connectivity index (χ3n) is 3.94. The lowest BCUT2D eigenvalue weighted by Gasteiger charge is -2.33. The minimum atomic E-state index is -2.95. The Morgan fingerprint density at radius 1 is 1.23 bits per heavy atom. The van der Waals surface area contributed by atoms with Crippen LogP contribution in [0.5, 0.6) is 0 Å². The second kappa shape index (κ2) is 7.74. The van der Waals surface area contributed by atoms with E-state index in [1.807, 2.05) is 35.2 Å². The molecule has 1 aromatic rings. The molecule has 1 amide bonds. The van der Waals surface area contributed by atoms with Crippen molar-refractivity contribution < 1.29 is 13.2 Å². The summed E-state index contributed by atoms with van der Waals surface area (Å²) in [5.41, 5.74) is 0.913. The average Bonchev–Trinajstić information content (AvgIpc) is 2.50. The first kappa shape index (κ1) is 17.0. The van der Waals surface area contributed by atoms with Crippen LogP contribution in [0.1, 0.15) is 31.4 Å². The van der Waals surface area contributed by atoms with Crippen LogP contribution in [0, 0.1) is 0 Å². The van der Waals surface area contributed by atoms with Gasteiger partial charge in [-0.15, -0.1) is 0 Å². The van der Waals surface area contributed by atoms with Gasteiger partial charge < -0.3 is 5.32 Å². The third-order valence-corrected chi connectivity index (χ3v) is 5.55. The third kappa shape index (κ3) is 4.55. The Kier molecular flexibility index (Phi) is 5.97. The van der Waals surface area contributed by atoms with Crippen LogP contribution in [0.3, 0.4) is 0 Å². The monoisotopic (exact) mass is 324 g/mol. The number of hydrogen-bond acceptors (Lipinski definition) is 4. The molecule has 1 N–H and O–H groups in total. The van der Waals surface area contributed by atoms with E-state index in [1.165, 1.54) is 0 Å². The first-order chi connectivity index (χ1) is 10.5. The predicted molar refractivity (Wildman–Crippen MR) is 87.3 cm³/mol. The number of carbonyl (C=O) groups is 1. The molecule has 0 saturated carbocycles. The second-order valence-corrected chi connectivity index (χ2v) is 7.95. The van der Waals surface area contributed by atoms with E-state index >= 15 is 0 Å². The molecule has 1 aliphatic rings. The van der Waals surface area contributed by atoms with Gasteiger partial charge in [-0.25, -0.2) is 8.42 Å². The Balaban J connectivity index is 2.13. The SMILES string of the molecule is CCCCNC(=O)C(c1ccccc1)N1CCS(=O)(=O)CC1. The van der Waals surface area contributed by atoms with Gasteiger partial charge in [0.15, 0.2) is 9.84 Å². The number of nitrogens with zero attached hydrogens (tertiary/aromatic N) is 1. The molecular weight excluding hydrogens is 300 g/mol. The maximum atomic E-state index is 12.6. The molecule has 0 aliphatic carbocycles. The number of sulfone groups is 1. The zero-order valence-electron chi connectivity index (χ0n) is 13.0. The highest BCUT2D eigenvalue weighted by atomic mass is 32.2. The van der Waals surface area contributed by atoms with Crippen molar-refractivity contribution in [3.8, 4) is 0 Å². The molecule has 5 nitrogen and oxygen atoms in total. The number of carbonyl (C=O) groups excluding carboxylic acids is 1. The van der Waals surface area contributed by atoms with Crippen LogP contribution < -0.4 is 5.32 Å². The van der Waals surface area contributed by atoms with Crippen molar-refractivity contribution in [2.75, 3.05) is 31.1 Å². The largest absolute Gasteiger partial charge is 0.354 e. The second-order valence-electron chi connectivity index (χ2n) is 5.65. The zero-order valence-corrected chi connectivity index (χ0v) is 13.8. The first-order valence-electron chi connectivity index (χ1n) is 7.80. The Labute approximate surface area is 132 Å². The number of benzene rings is 1. The summed E-state index contributed by atoms with van der Waals surface area (Å²) in [4.78, 5) is 14.5. The van der Waals surface area contributed by atoms with Crippen LogP contribution in [0.2, 0.25) is 0 Å². The maximum Gasteiger partial charge on any atom is 0.241 e. The number of unbranched alkanes of at least 4 members (excludes halogenated alkanes) is 1. The van der Waals surface area contributed by atoms with Crippen LogP contribution in [0.15, 0.2) is 30.3 Å². The Morgan fingerprint density at radius 3 is 2.45 bits per heavy atom. The highest BCUT2D eigenvalue weighted by Crippen LogP contribution is 2.23. The van der Waals surface area contributed by atoms with Gasteiger partial charge in [-0.1, -0.05) is 43.7 Å². The van der Waals surface area contributed by atoms with E-state index < -0.39 is 15.9 Å². The molecule has 122 valence electrons.